The molecule has 1 amide bonds. The predicted molar refractivity (Wildman–Crippen MR) is 107 cm³/mol. The topological polar surface area (TPSA) is 77.6 Å². The van der Waals surface area contributed by atoms with Gasteiger partial charge in [0.2, 0.25) is 0 Å². The molecular weight excluding hydrogens is 354 g/mol. The Hall–Kier alpha value is -2.15. The van der Waals surface area contributed by atoms with E-state index >= 15 is 0 Å². The standard InChI is InChI=1S/C22H29N3O3/c1-16-12-28-15-22(14-26,25(16)11-17-5-3-2-4-6-17)13-24-21(27)20-10-23-9-19(20)18-7-8-18/h2-6,9-10,16,18,23,26H,7-8,11-15H2,1H3,(H,24,27)/t16-,22+/m1/s1. The summed E-state index contributed by atoms with van der Waals surface area (Å²) in [7, 11) is 0. The van der Waals surface area contributed by atoms with Crippen LogP contribution in [0.25, 0.3) is 0 Å². The van der Waals surface area contributed by atoms with Gasteiger partial charge in [-0.25, -0.2) is 0 Å². The molecule has 1 aliphatic carbocycles. The number of benzene rings is 1. The number of amides is 1. The minimum absolute atomic E-state index is 0.0763. The van der Waals surface area contributed by atoms with Crippen LogP contribution in [0.4, 0.5) is 0 Å². The minimum atomic E-state index is -0.640. The van der Waals surface area contributed by atoms with Crippen molar-refractivity contribution in [2.45, 2.75) is 43.8 Å². The molecule has 0 unspecified atom stereocenters. The molecule has 28 heavy (non-hydrogen) atoms. The molecule has 0 radical (unpaired) electrons. The van der Waals surface area contributed by atoms with Crippen LogP contribution < -0.4 is 5.32 Å². The number of morpholine rings is 1. The lowest BCUT2D eigenvalue weighted by atomic mass is 9.93. The Balaban J connectivity index is 1.50. The van der Waals surface area contributed by atoms with E-state index in [1.54, 1.807) is 6.20 Å². The van der Waals surface area contributed by atoms with Crippen LogP contribution in [-0.4, -0.2) is 58.8 Å². The molecule has 150 valence electrons. The van der Waals surface area contributed by atoms with Crippen LogP contribution in [-0.2, 0) is 11.3 Å². The van der Waals surface area contributed by atoms with Crippen LogP contribution in [0, 0.1) is 0 Å². The smallest absolute Gasteiger partial charge is 0.253 e. The molecule has 4 rings (SSSR count). The summed E-state index contributed by atoms with van der Waals surface area (Å²) in [4.78, 5) is 18.2. The van der Waals surface area contributed by atoms with Gasteiger partial charge in [0.15, 0.2) is 0 Å². The molecule has 2 aliphatic rings. The van der Waals surface area contributed by atoms with Crippen molar-refractivity contribution in [1.82, 2.24) is 15.2 Å². The van der Waals surface area contributed by atoms with E-state index in [4.69, 9.17) is 4.74 Å². The minimum Gasteiger partial charge on any atom is -0.394 e. The van der Waals surface area contributed by atoms with E-state index in [1.807, 2.05) is 24.4 Å². The summed E-state index contributed by atoms with van der Waals surface area (Å²) in [6, 6.07) is 10.4. The predicted octanol–water partition coefficient (Wildman–Crippen LogP) is 2.27. The summed E-state index contributed by atoms with van der Waals surface area (Å²) < 4.78 is 5.79. The number of aromatic amines is 1. The Morgan fingerprint density at radius 3 is 2.82 bits per heavy atom. The van der Waals surface area contributed by atoms with Crippen molar-refractivity contribution in [3.05, 3.63) is 59.4 Å². The highest BCUT2D eigenvalue weighted by Crippen LogP contribution is 2.41. The van der Waals surface area contributed by atoms with Gasteiger partial charge in [-0.3, -0.25) is 9.69 Å². The molecule has 2 aromatic rings. The second-order valence-corrected chi connectivity index (χ2v) is 8.14. The van der Waals surface area contributed by atoms with Gasteiger partial charge in [0, 0.05) is 31.5 Å². The SMILES string of the molecule is C[C@@H]1COC[C@@](CO)(CNC(=O)c2c[nH]cc2C2CC2)N1Cc1ccccc1. The molecule has 2 atom stereocenters. The number of carbonyl (C=O) groups is 1. The van der Waals surface area contributed by atoms with Gasteiger partial charge in [-0.05, 0) is 36.8 Å². The fourth-order valence-corrected chi connectivity index (χ4v) is 4.15. The molecule has 1 aromatic heterocycles. The van der Waals surface area contributed by atoms with Crippen molar-refractivity contribution in [3.8, 4) is 0 Å². The van der Waals surface area contributed by atoms with E-state index in [0.717, 1.165) is 24.0 Å². The van der Waals surface area contributed by atoms with Crippen LogP contribution in [0.15, 0.2) is 42.7 Å². The second-order valence-electron chi connectivity index (χ2n) is 8.14. The molecule has 6 nitrogen and oxygen atoms in total. The molecule has 2 heterocycles. The number of nitrogens with one attached hydrogen (secondary N) is 2. The van der Waals surface area contributed by atoms with Crippen LogP contribution in [0.3, 0.4) is 0 Å². The molecule has 0 bridgehead atoms. The average Bonchev–Trinajstić information content (AvgIpc) is 3.45. The van der Waals surface area contributed by atoms with Gasteiger partial charge in [0.05, 0.1) is 30.9 Å². The normalized spacial score (nSPS) is 25.6. The van der Waals surface area contributed by atoms with Crippen molar-refractivity contribution < 1.29 is 14.6 Å². The molecule has 6 heteroatoms. The third kappa shape index (κ3) is 3.85. The summed E-state index contributed by atoms with van der Waals surface area (Å²) in [5.74, 6) is 0.417. The molecule has 3 N–H and O–H groups in total. The van der Waals surface area contributed by atoms with Gasteiger partial charge in [-0.1, -0.05) is 30.3 Å². The largest absolute Gasteiger partial charge is 0.394 e. The monoisotopic (exact) mass is 383 g/mol. The van der Waals surface area contributed by atoms with E-state index in [0.29, 0.717) is 32.2 Å². The maximum absolute atomic E-state index is 12.8. The lowest BCUT2D eigenvalue weighted by Crippen LogP contribution is -2.66. The average molecular weight is 383 g/mol. The quantitative estimate of drug-likeness (QED) is 0.686. The fourth-order valence-electron chi connectivity index (χ4n) is 4.15. The third-order valence-electron chi connectivity index (χ3n) is 5.98. The van der Waals surface area contributed by atoms with Crippen LogP contribution in [0.5, 0.6) is 0 Å². The summed E-state index contributed by atoms with van der Waals surface area (Å²) in [6.45, 7) is 4.09. The Bertz CT molecular complexity index is 802. The number of nitrogens with zero attached hydrogens (tertiary/aromatic N) is 1. The number of aliphatic hydroxyl groups is 1. The maximum Gasteiger partial charge on any atom is 0.253 e. The zero-order chi connectivity index (χ0) is 19.6. The summed E-state index contributed by atoms with van der Waals surface area (Å²) in [5.41, 5.74) is 2.36. The summed E-state index contributed by atoms with van der Waals surface area (Å²) >= 11 is 0. The lowest BCUT2D eigenvalue weighted by Gasteiger charge is -2.49. The first-order valence-corrected chi connectivity index (χ1v) is 10.1. The number of hydrogen-bond acceptors (Lipinski definition) is 4. The van der Waals surface area contributed by atoms with Crippen molar-refractivity contribution >= 4 is 5.91 Å². The molecule has 0 spiro atoms. The number of hydrogen-bond donors (Lipinski definition) is 3. The van der Waals surface area contributed by atoms with Crippen LogP contribution in [0.1, 0.15) is 47.2 Å². The Morgan fingerprint density at radius 2 is 2.11 bits per heavy atom. The Labute approximate surface area is 165 Å². The molecule has 1 saturated carbocycles. The first-order chi connectivity index (χ1) is 13.6. The van der Waals surface area contributed by atoms with Crippen molar-refractivity contribution in [2.24, 2.45) is 0 Å². The van der Waals surface area contributed by atoms with Gasteiger partial charge in [0.1, 0.15) is 0 Å². The zero-order valence-corrected chi connectivity index (χ0v) is 16.4. The first-order valence-electron chi connectivity index (χ1n) is 10.1. The van der Waals surface area contributed by atoms with E-state index in [-0.39, 0.29) is 18.6 Å². The number of ether oxygens (including phenoxy) is 1. The van der Waals surface area contributed by atoms with Gasteiger partial charge in [-0.15, -0.1) is 0 Å². The van der Waals surface area contributed by atoms with Gasteiger partial charge in [-0.2, -0.15) is 0 Å². The Morgan fingerprint density at radius 1 is 1.32 bits per heavy atom. The van der Waals surface area contributed by atoms with Crippen molar-refractivity contribution in [3.63, 3.8) is 0 Å². The van der Waals surface area contributed by atoms with E-state index in [9.17, 15) is 9.90 Å². The number of H-pyrrole nitrogens is 1. The summed E-state index contributed by atoms with van der Waals surface area (Å²) in [6.07, 6.45) is 6.00. The lowest BCUT2D eigenvalue weighted by molar-refractivity contribution is -0.121. The van der Waals surface area contributed by atoms with Gasteiger partial charge in [0.25, 0.3) is 5.91 Å². The van der Waals surface area contributed by atoms with E-state index in [1.165, 1.54) is 5.56 Å². The van der Waals surface area contributed by atoms with E-state index in [2.05, 4.69) is 34.3 Å². The van der Waals surface area contributed by atoms with Crippen LogP contribution >= 0.6 is 0 Å². The zero-order valence-electron chi connectivity index (χ0n) is 16.4. The molecule has 2 fully saturated rings. The number of aromatic nitrogens is 1. The van der Waals surface area contributed by atoms with Gasteiger partial charge >= 0.3 is 0 Å². The number of rotatable bonds is 7. The highest BCUT2D eigenvalue weighted by Gasteiger charge is 2.43. The second kappa shape index (κ2) is 8.07. The highest BCUT2D eigenvalue weighted by atomic mass is 16.5. The highest BCUT2D eigenvalue weighted by molar-refractivity contribution is 5.95. The fraction of sp³-hybridized carbons (Fsp3) is 0.500. The molecule has 1 aromatic carbocycles. The number of carbonyl (C=O) groups excluding carboxylic acids is 1. The van der Waals surface area contributed by atoms with E-state index < -0.39 is 5.54 Å². The molecular formula is C22H29N3O3. The molecule has 1 saturated heterocycles. The van der Waals surface area contributed by atoms with Crippen molar-refractivity contribution in [2.75, 3.05) is 26.4 Å². The summed E-state index contributed by atoms with van der Waals surface area (Å²) in [5, 5.41) is 13.4. The van der Waals surface area contributed by atoms with Crippen molar-refractivity contribution in [1.29, 1.82) is 0 Å². The maximum atomic E-state index is 12.8. The number of aliphatic hydroxyl groups excluding tert-OH is 1. The Kier molecular flexibility index (Phi) is 5.53. The van der Waals surface area contributed by atoms with Gasteiger partial charge < -0.3 is 20.1 Å². The molecule has 1 aliphatic heterocycles. The third-order valence-corrected chi connectivity index (χ3v) is 5.98. The van der Waals surface area contributed by atoms with Crippen LogP contribution in [0.2, 0.25) is 0 Å². The first kappa shape index (κ1) is 19.2.